The monoisotopic (exact) mass is 389 g/mol. The van der Waals surface area contributed by atoms with Crippen LogP contribution in [0.2, 0.25) is 0 Å². The second kappa shape index (κ2) is 9.78. The molecule has 1 atom stereocenters. The van der Waals surface area contributed by atoms with Crippen molar-refractivity contribution in [3.63, 3.8) is 0 Å². The van der Waals surface area contributed by atoms with Gasteiger partial charge in [-0.15, -0.1) is 0 Å². The van der Waals surface area contributed by atoms with Crippen molar-refractivity contribution in [1.82, 2.24) is 5.32 Å². The van der Waals surface area contributed by atoms with Crippen LogP contribution in [0.1, 0.15) is 46.9 Å². The second-order valence-electron chi connectivity index (χ2n) is 6.96. The Hall–Kier alpha value is -3.27. The first-order valence-corrected chi connectivity index (χ1v) is 9.88. The topological polar surface area (TPSA) is 47.6 Å². The summed E-state index contributed by atoms with van der Waals surface area (Å²) in [7, 11) is 0. The van der Waals surface area contributed by atoms with E-state index in [1.807, 2.05) is 87.5 Å². The Labute approximate surface area is 172 Å². The van der Waals surface area contributed by atoms with E-state index in [4.69, 9.17) is 9.47 Å². The molecule has 0 spiro atoms. The fraction of sp³-hybridized carbons (Fsp3) is 0.240. The zero-order valence-corrected chi connectivity index (χ0v) is 17.1. The summed E-state index contributed by atoms with van der Waals surface area (Å²) < 4.78 is 11.6. The molecule has 0 aliphatic carbocycles. The number of amides is 1. The Kier molecular flexibility index (Phi) is 6.90. The zero-order valence-electron chi connectivity index (χ0n) is 17.1. The van der Waals surface area contributed by atoms with E-state index in [1.165, 1.54) is 5.56 Å². The minimum atomic E-state index is -0.124. The molecule has 1 unspecified atom stereocenters. The molecule has 0 aliphatic heterocycles. The molecule has 0 aromatic heterocycles. The van der Waals surface area contributed by atoms with Crippen LogP contribution in [0.3, 0.4) is 0 Å². The third-order valence-corrected chi connectivity index (χ3v) is 4.69. The van der Waals surface area contributed by atoms with Gasteiger partial charge in [0.05, 0.1) is 12.6 Å². The number of ether oxygens (including phenoxy) is 2. The van der Waals surface area contributed by atoms with Crippen molar-refractivity contribution in [2.75, 3.05) is 6.61 Å². The standard InChI is InChI=1S/C25H27NO3/c1-4-28-24-15-12-21(25(27)26-19(3)20-8-6-5-7-9-20)16-22(24)17-29-23-13-10-18(2)11-14-23/h5-16,19H,4,17H2,1-3H3,(H,26,27). The number of rotatable bonds is 8. The van der Waals surface area contributed by atoms with Crippen molar-refractivity contribution >= 4 is 5.91 Å². The van der Waals surface area contributed by atoms with Crippen molar-refractivity contribution in [2.24, 2.45) is 0 Å². The van der Waals surface area contributed by atoms with Gasteiger partial charge in [-0.2, -0.15) is 0 Å². The van der Waals surface area contributed by atoms with Gasteiger partial charge in [0.25, 0.3) is 5.91 Å². The quantitative estimate of drug-likeness (QED) is 0.556. The van der Waals surface area contributed by atoms with Gasteiger partial charge < -0.3 is 14.8 Å². The molecule has 3 aromatic rings. The van der Waals surface area contributed by atoms with Gasteiger partial charge >= 0.3 is 0 Å². The molecule has 3 rings (SSSR count). The summed E-state index contributed by atoms with van der Waals surface area (Å²) in [6.45, 7) is 6.83. The molecular formula is C25H27NO3. The smallest absolute Gasteiger partial charge is 0.251 e. The molecule has 1 N–H and O–H groups in total. The molecule has 0 saturated carbocycles. The highest BCUT2D eigenvalue weighted by Gasteiger charge is 2.14. The summed E-state index contributed by atoms with van der Waals surface area (Å²) in [6.07, 6.45) is 0. The van der Waals surface area contributed by atoms with Crippen LogP contribution < -0.4 is 14.8 Å². The summed E-state index contributed by atoms with van der Waals surface area (Å²) in [6, 6.07) is 23.2. The van der Waals surface area contributed by atoms with Crippen LogP contribution in [-0.4, -0.2) is 12.5 Å². The minimum Gasteiger partial charge on any atom is -0.493 e. The molecule has 0 fully saturated rings. The number of hydrogen-bond acceptors (Lipinski definition) is 3. The van der Waals surface area contributed by atoms with E-state index in [2.05, 4.69) is 5.32 Å². The first-order valence-electron chi connectivity index (χ1n) is 9.88. The summed E-state index contributed by atoms with van der Waals surface area (Å²) >= 11 is 0. The van der Waals surface area contributed by atoms with Gasteiger partial charge in [-0.3, -0.25) is 4.79 Å². The highest BCUT2D eigenvalue weighted by molar-refractivity contribution is 5.94. The van der Waals surface area contributed by atoms with Crippen molar-refractivity contribution in [3.05, 3.63) is 95.1 Å². The maximum atomic E-state index is 12.8. The number of carbonyl (C=O) groups excluding carboxylic acids is 1. The normalized spacial score (nSPS) is 11.6. The van der Waals surface area contributed by atoms with Crippen LogP contribution in [0.4, 0.5) is 0 Å². The van der Waals surface area contributed by atoms with Gasteiger partial charge in [0.15, 0.2) is 0 Å². The molecule has 0 bridgehead atoms. The van der Waals surface area contributed by atoms with Crippen LogP contribution in [0.25, 0.3) is 0 Å². The summed E-state index contributed by atoms with van der Waals surface area (Å²) in [5.74, 6) is 1.39. The Morgan fingerprint density at radius 3 is 2.38 bits per heavy atom. The molecule has 3 aromatic carbocycles. The Bertz CT molecular complexity index is 936. The molecule has 1 amide bonds. The molecule has 29 heavy (non-hydrogen) atoms. The third-order valence-electron chi connectivity index (χ3n) is 4.69. The third kappa shape index (κ3) is 5.61. The van der Waals surface area contributed by atoms with Gasteiger partial charge in [0.2, 0.25) is 0 Å². The molecule has 0 aliphatic rings. The molecule has 0 radical (unpaired) electrons. The van der Waals surface area contributed by atoms with E-state index in [0.717, 1.165) is 22.6 Å². The van der Waals surface area contributed by atoms with Crippen molar-refractivity contribution in [1.29, 1.82) is 0 Å². The number of hydrogen-bond donors (Lipinski definition) is 1. The Morgan fingerprint density at radius 2 is 1.69 bits per heavy atom. The molecule has 4 heteroatoms. The highest BCUT2D eigenvalue weighted by atomic mass is 16.5. The minimum absolute atomic E-state index is 0.0810. The lowest BCUT2D eigenvalue weighted by molar-refractivity contribution is 0.0939. The Morgan fingerprint density at radius 1 is 0.966 bits per heavy atom. The van der Waals surface area contributed by atoms with Crippen LogP contribution in [-0.2, 0) is 6.61 Å². The molecule has 0 heterocycles. The number of nitrogens with one attached hydrogen (secondary N) is 1. The molecule has 4 nitrogen and oxygen atoms in total. The molecule has 0 saturated heterocycles. The van der Waals surface area contributed by atoms with Crippen LogP contribution in [0.5, 0.6) is 11.5 Å². The fourth-order valence-corrected chi connectivity index (χ4v) is 3.03. The largest absolute Gasteiger partial charge is 0.493 e. The second-order valence-corrected chi connectivity index (χ2v) is 6.96. The van der Waals surface area contributed by atoms with E-state index in [0.29, 0.717) is 18.8 Å². The van der Waals surface area contributed by atoms with Gasteiger partial charge in [-0.1, -0.05) is 48.0 Å². The van der Waals surface area contributed by atoms with Crippen LogP contribution in [0, 0.1) is 6.92 Å². The van der Waals surface area contributed by atoms with Gasteiger partial charge in [0, 0.05) is 11.1 Å². The van der Waals surface area contributed by atoms with E-state index >= 15 is 0 Å². The lowest BCUT2D eigenvalue weighted by Crippen LogP contribution is -2.26. The first-order chi connectivity index (χ1) is 14.1. The first kappa shape index (κ1) is 20.5. The maximum Gasteiger partial charge on any atom is 0.251 e. The Balaban J connectivity index is 1.74. The van der Waals surface area contributed by atoms with Gasteiger partial charge in [-0.25, -0.2) is 0 Å². The van der Waals surface area contributed by atoms with Crippen molar-refractivity contribution < 1.29 is 14.3 Å². The SMILES string of the molecule is CCOc1ccc(C(=O)NC(C)c2ccccc2)cc1COc1ccc(C)cc1. The number of carbonyl (C=O) groups is 1. The van der Waals surface area contributed by atoms with Crippen LogP contribution >= 0.6 is 0 Å². The van der Waals surface area contributed by atoms with Gasteiger partial charge in [-0.05, 0) is 56.7 Å². The predicted octanol–water partition coefficient (Wildman–Crippen LogP) is 5.46. The summed E-state index contributed by atoms with van der Waals surface area (Å²) in [4.78, 5) is 12.8. The fourth-order valence-electron chi connectivity index (χ4n) is 3.03. The van der Waals surface area contributed by atoms with E-state index < -0.39 is 0 Å². The average molecular weight is 389 g/mol. The summed E-state index contributed by atoms with van der Waals surface area (Å²) in [5, 5.41) is 3.05. The molecule has 150 valence electrons. The van der Waals surface area contributed by atoms with Gasteiger partial charge in [0.1, 0.15) is 18.1 Å². The molecular weight excluding hydrogens is 362 g/mol. The van der Waals surface area contributed by atoms with Crippen LogP contribution in [0.15, 0.2) is 72.8 Å². The predicted molar refractivity (Wildman–Crippen MR) is 115 cm³/mol. The lowest BCUT2D eigenvalue weighted by atomic mass is 10.1. The lowest BCUT2D eigenvalue weighted by Gasteiger charge is -2.16. The highest BCUT2D eigenvalue weighted by Crippen LogP contribution is 2.23. The van der Waals surface area contributed by atoms with E-state index in [1.54, 1.807) is 6.07 Å². The number of aryl methyl sites for hydroxylation is 1. The van der Waals surface area contributed by atoms with E-state index in [-0.39, 0.29) is 11.9 Å². The maximum absolute atomic E-state index is 12.8. The summed E-state index contributed by atoms with van der Waals surface area (Å²) in [5.41, 5.74) is 3.67. The van der Waals surface area contributed by atoms with Crippen molar-refractivity contribution in [2.45, 2.75) is 33.4 Å². The van der Waals surface area contributed by atoms with E-state index in [9.17, 15) is 4.79 Å². The zero-order chi connectivity index (χ0) is 20.6. The number of benzene rings is 3. The van der Waals surface area contributed by atoms with Crippen molar-refractivity contribution in [3.8, 4) is 11.5 Å². The average Bonchev–Trinajstić information content (AvgIpc) is 2.75.